The van der Waals surface area contributed by atoms with E-state index in [4.69, 9.17) is 4.74 Å². The summed E-state index contributed by atoms with van der Waals surface area (Å²) in [5.41, 5.74) is 3.49. The lowest BCUT2D eigenvalue weighted by Gasteiger charge is -2.31. The van der Waals surface area contributed by atoms with Gasteiger partial charge in [-0.05, 0) is 205 Å². The minimum atomic E-state index is -0.628. The van der Waals surface area contributed by atoms with Crippen molar-refractivity contribution in [2.24, 2.45) is 66.2 Å². The van der Waals surface area contributed by atoms with E-state index in [0.717, 1.165) is 213 Å². The lowest BCUT2D eigenvalue weighted by atomic mass is 9.95. The topological polar surface area (TPSA) is 342 Å². The van der Waals surface area contributed by atoms with Gasteiger partial charge in [-0.2, -0.15) is 31.1 Å². The van der Waals surface area contributed by atoms with Crippen LogP contribution in [0.5, 0.6) is 23.4 Å². The molecule has 0 aliphatic rings. The molecule has 0 saturated heterocycles. The molecule has 0 radical (unpaired) electrons. The number of hydrogen-bond donors (Lipinski definition) is 3. The fourth-order valence-corrected chi connectivity index (χ4v) is 16.8. The quantitative estimate of drug-likeness (QED) is 0.0299. The Balaban J connectivity index is 0.000000276. The molecule has 3 amide bonds. The number of nitrogens with zero attached hydrogens (tertiary/aromatic N) is 15. The zero-order chi connectivity index (χ0) is 98.6. The molecule has 3 heterocycles. The first kappa shape index (κ1) is 109. The fourth-order valence-electron chi connectivity index (χ4n) is 16.8. The first-order valence-corrected chi connectivity index (χ1v) is 49.1. The number of aromatic hydroxyl groups is 3. The number of hydrogen-bond acceptors (Lipinski definition) is 19. The Kier molecular flexibility index (Phi) is 46.0. The largest absolute Gasteiger partial charge is 0.497 e. The van der Waals surface area contributed by atoms with Gasteiger partial charge in [-0.25, -0.2) is 13.7 Å². The van der Waals surface area contributed by atoms with Crippen molar-refractivity contribution in [3.05, 3.63) is 238 Å². The van der Waals surface area contributed by atoms with Crippen molar-refractivity contribution in [1.82, 2.24) is 28.4 Å². The number of ether oxygens (including phenoxy) is 1. The van der Waals surface area contributed by atoms with E-state index in [0.29, 0.717) is 92.1 Å². The van der Waals surface area contributed by atoms with Crippen molar-refractivity contribution in [3.63, 3.8) is 0 Å². The molecule has 0 aliphatic carbocycles. The van der Waals surface area contributed by atoms with Crippen molar-refractivity contribution in [2.75, 3.05) is 46.4 Å². The third-order valence-corrected chi connectivity index (χ3v) is 25.8. The summed E-state index contributed by atoms with van der Waals surface area (Å²) in [6.07, 6.45) is 26.5. The van der Waals surface area contributed by atoms with E-state index in [1.54, 1.807) is 160 Å². The number of unbranched alkanes of at least 4 members (excludes halogenated alkanes) is 6. The average Bonchev–Trinajstić information content (AvgIpc) is 0.770. The van der Waals surface area contributed by atoms with Crippen molar-refractivity contribution in [2.45, 2.75) is 265 Å². The number of rotatable bonds is 49. The molecule has 25 heteroatoms. The number of benzene rings is 6. The second-order valence-corrected chi connectivity index (χ2v) is 35.5. The van der Waals surface area contributed by atoms with Crippen LogP contribution in [0.2, 0.25) is 0 Å². The fraction of sp³-hybridized carbons (Fsp3) is 0.482. The van der Waals surface area contributed by atoms with Crippen LogP contribution in [0.1, 0.15) is 307 Å². The Morgan fingerprint density at radius 1 is 0.341 bits per heavy atom. The molecule has 9 aromatic rings. The number of carbonyl (C=O) groups is 3. The number of azo groups is 3. The molecule has 6 aromatic carbocycles. The molecule has 0 saturated carbocycles. The number of nitriles is 3. The van der Waals surface area contributed by atoms with Gasteiger partial charge < -0.3 is 34.8 Å². The molecule has 9 rings (SSSR count). The SMILES string of the molecule is CCCCC(CC)CN(CC(CC)CCCC)C(=O)c1cccc(N=Nc2c(C)c(C#N)c(O)n(-c3ccc(C)cc3)c2=O)c1.CCCCC(CC)CN(CC(CC)CCCC)C(=O)c1cccc(N=Nc2c(C)c(C#N)c(O)n(-c3ccc(OC)cc3)c2=O)c1.CCCCC(CC)CN(CC(CC)CCCC)C(=O)c1cccc(N=Nc2c(C)c(C#N)c(O)n(-c3ccccc3)c2=O)c1. The van der Waals surface area contributed by atoms with Crippen LogP contribution >= 0.6 is 0 Å². The Bertz CT molecular complexity index is 5690. The Morgan fingerprint density at radius 3 is 0.815 bits per heavy atom. The summed E-state index contributed by atoms with van der Waals surface area (Å²) < 4.78 is 8.36. The number of pyridine rings is 3. The van der Waals surface area contributed by atoms with Crippen LogP contribution in [-0.2, 0) is 0 Å². The van der Waals surface area contributed by atoms with Gasteiger partial charge in [0, 0.05) is 72.6 Å². The van der Waals surface area contributed by atoms with Gasteiger partial charge in [0.25, 0.3) is 34.4 Å². The molecule has 720 valence electrons. The standard InChI is InChI=1S/C37H49N5O4.C37H49N5O3.C36H47N5O3/c1-7-11-14-27(9-3)24-41(25-28(10-4)15-12-8-2)35(43)29-16-13-17-30(22-29)39-40-34-26(5)33(23-38)36(44)42(37(34)45)31-18-20-32(46-6)21-19-31;1-7-11-14-28(9-3)24-41(25-29(10-4)15-12-8-2)35(43)30-16-13-17-31(22-30)39-40-34-27(6)33(23-38)36(44)42(37(34)45)32-20-18-26(5)19-21-32;1-6-10-16-27(8-3)24-40(25-28(9-4)17-11-7-2)34(42)29-18-15-19-30(22-29)38-39-33-26(5)32(23-37)35(43)41(36(33)44)31-20-13-12-14-21-31/h13,16-22,27-28,44H,7-12,14-15,24-25H2,1-6H3;13,16-22,28-29,44H,7-12,14-15,24-25H2,1-6H3;12-15,18-22,27-28,43H,6-11,16-17,24-25H2,1-5H3. The maximum Gasteiger partial charge on any atom is 0.286 e. The van der Waals surface area contributed by atoms with Crippen LogP contribution in [0.3, 0.4) is 0 Å². The number of methoxy groups -OCH3 is 1. The highest BCUT2D eigenvalue weighted by Crippen LogP contribution is 2.36. The van der Waals surface area contributed by atoms with E-state index in [2.05, 4.69) is 114 Å². The molecular formula is C110H145N15O10. The summed E-state index contributed by atoms with van der Waals surface area (Å²) in [7, 11) is 1.53. The molecule has 6 atom stereocenters. The summed E-state index contributed by atoms with van der Waals surface area (Å²) in [5.74, 6) is 1.81. The van der Waals surface area contributed by atoms with Crippen molar-refractivity contribution in [1.29, 1.82) is 15.8 Å². The third-order valence-electron chi connectivity index (χ3n) is 25.8. The average molecular weight is 1840 g/mol. The summed E-state index contributed by atoms with van der Waals surface area (Å²) in [6, 6.07) is 49.1. The maximum atomic E-state index is 14.0. The number of aryl methyl sites for hydroxylation is 1. The molecule has 6 unspecified atom stereocenters. The highest BCUT2D eigenvalue weighted by atomic mass is 16.5. The summed E-state index contributed by atoms with van der Waals surface area (Å²) in [4.78, 5) is 88.7. The van der Waals surface area contributed by atoms with Crippen LogP contribution in [-0.4, -0.2) is 108 Å². The van der Waals surface area contributed by atoms with Crippen LogP contribution in [0.15, 0.2) is 197 Å². The zero-order valence-corrected chi connectivity index (χ0v) is 83.0. The third kappa shape index (κ3) is 30.8. The minimum absolute atomic E-state index is 0.0220. The van der Waals surface area contributed by atoms with Gasteiger partial charge in [-0.15, -0.1) is 15.3 Å². The second-order valence-electron chi connectivity index (χ2n) is 35.5. The highest BCUT2D eigenvalue weighted by molar-refractivity contribution is 5.96. The first-order chi connectivity index (χ1) is 65.2. The van der Waals surface area contributed by atoms with Crippen molar-refractivity contribution in [3.8, 4) is 58.7 Å². The number of carbonyl (C=O) groups excluding carboxylic acids is 3. The Labute approximate surface area is 800 Å². The van der Waals surface area contributed by atoms with E-state index < -0.39 is 34.3 Å². The minimum Gasteiger partial charge on any atom is -0.497 e. The van der Waals surface area contributed by atoms with Crippen LogP contribution < -0.4 is 21.4 Å². The first-order valence-electron chi connectivity index (χ1n) is 49.1. The van der Waals surface area contributed by atoms with Gasteiger partial charge in [0.2, 0.25) is 17.6 Å². The molecular weight excluding hydrogens is 1690 g/mol. The second kappa shape index (κ2) is 56.9. The molecule has 0 spiro atoms. The normalized spacial score (nSPS) is 12.6. The Morgan fingerprint density at radius 2 is 0.585 bits per heavy atom. The zero-order valence-electron chi connectivity index (χ0n) is 83.0. The maximum absolute atomic E-state index is 14.0. The number of para-hydroxylation sites is 1. The van der Waals surface area contributed by atoms with Gasteiger partial charge >= 0.3 is 0 Å². The van der Waals surface area contributed by atoms with E-state index in [-0.39, 0.29) is 68.2 Å². The monoisotopic (exact) mass is 1840 g/mol. The van der Waals surface area contributed by atoms with Gasteiger partial charge in [0.05, 0.1) is 41.2 Å². The molecule has 0 aliphatic heterocycles. The molecule has 0 bridgehead atoms. The molecule has 3 N–H and O–H groups in total. The van der Waals surface area contributed by atoms with Gasteiger partial charge in [0.1, 0.15) is 40.6 Å². The number of aromatic nitrogens is 3. The summed E-state index contributed by atoms with van der Waals surface area (Å²) in [6.45, 7) is 37.4. The lowest BCUT2D eigenvalue weighted by Crippen LogP contribution is -2.39. The predicted octanol–water partition coefficient (Wildman–Crippen LogP) is 27.4. The van der Waals surface area contributed by atoms with E-state index in [1.165, 1.54) is 7.11 Å². The van der Waals surface area contributed by atoms with Gasteiger partial charge in [0.15, 0.2) is 17.1 Å². The van der Waals surface area contributed by atoms with Crippen LogP contribution in [0.25, 0.3) is 17.1 Å². The molecule has 135 heavy (non-hydrogen) atoms. The van der Waals surface area contributed by atoms with Crippen LogP contribution in [0, 0.1) is 97.2 Å². The smallest absolute Gasteiger partial charge is 0.286 e. The van der Waals surface area contributed by atoms with Crippen molar-refractivity contribution < 1.29 is 34.4 Å². The van der Waals surface area contributed by atoms with E-state index in [9.17, 15) is 59.9 Å². The highest BCUT2D eigenvalue weighted by Gasteiger charge is 2.30. The molecule has 3 aromatic heterocycles. The van der Waals surface area contributed by atoms with E-state index >= 15 is 0 Å². The molecule has 25 nitrogen and oxygen atoms in total. The number of amides is 3. The van der Waals surface area contributed by atoms with Gasteiger partial charge in [-0.3, -0.25) is 28.8 Å². The Hall–Kier alpha value is -13.0. The predicted molar refractivity (Wildman–Crippen MR) is 540 cm³/mol. The lowest BCUT2D eigenvalue weighted by molar-refractivity contribution is 0.0678. The summed E-state index contributed by atoms with van der Waals surface area (Å²) in [5, 5.41) is 87.5. The van der Waals surface area contributed by atoms with Gasteiger partial charge in [-0.1, -0.05) is 253 Å². The van der Waals surface area contributed by atoms with Crippen LogP contribution in [0.4, 0.5) is 34.1 Å². The summed E-state index contributed by atoms with van der Waals surface area (Å²) >= 11 is 0. The van der Waals surface area contributed by atoms with E-state index in [1.807, 2.05) is 52.0 Å². The van der Waals surface area contributed by atoms with Crippen molar-refractivity contribution >= 4 is 51.8 Å². The molecule has 0 fully saturated rings.